The molecule has 0 amide bonds. The SMILES string of the molecule is CCNC(=NCCCN1CCN(c2cccc(C)c2)CC1)NC(C)C. The number of hydrogen-bond donors (Lipinski definition) is 2. The fourth-order valence-electron chi connectivity index (χ4n) is 3.13. The molecule has 0 aromatic heterocycles. The highest BCUT2D eigenvalue weighted by Crippen LogP contribution is 2.17. The van der Waals surface area contributed by atoms with Gasteiger partial charge in [0.05, 0.1) is 0 Å². The van der Waals surface area contributed by atoms with Crippen LogP contribution in [0.25, 0.3) is 0 Å². The predicted molar refractivity (Wildman–Crippen MR) is 109 cm³/mol. The molecule has 1 heterocycles. The van der Waals surface area contributed by atoms with Gasteiger partial charge in [-0.3, -0.25) is 9.89 Å². The highest BCUT2D eigenvalue weighted by Gasteiger charge is 2.16. The second-order valence-corrected chi connectivity index (χ2v) is 7.08. The van der Waals surface area contributed by atoms with E-state index in [-0.39, 0.29) is 0 Å². The zero-order valence-electron chi connectivity index (χ0n) is 16.4. The summed E-state index contributed by atoms with van der Waals surface area (Å²) in [6, 6.07) is 9.24. The van der Waals surface area contributed by atoms with E-state index in [1.165, 1.54) is 11.3 Å². The lowest BCUT2D eigenvalue weighted by Gasteiger charge is -2.36. The number of guanidine groups is 1. The standard InChI is InChI=1S/C20H35N5/c1-5-21-20(23-17(2)3)22-10-7-11-24-12-14-25(15-13-24)19-9-6-8-18(4)16-19/h6,8-9,16-17H,5,7,10-15H2,1-4H3,(H2,21,22,23). The lowest BCUT2D eigenvalue weighted by molar-refractivity contribution is 0.256. The number of rotatable bonds is 7. The third kappa shape index (κ3) is 6.94. The minimum absolute atomic E-state index is 0.410. The Labute approximate surface area is 153 Å². The van der Waals surface area contributed by atoms with Gasteiger partial charge in [0.1, 0.15) is 0 Å². The maximum atomic E-state index is 4.67. The molecule has 1 aromatic rings. The molecule has 0 saturated carbocycles. The van der Waals surface area contributed by atoms with Gasteiger partial charge in [-0.05, 0) is 51.8 Å². The van der Waals surface area contributed by atoms with E-state index in [1.807, 2.05) is 0 Å². The average Bonchev–Trinajstić information content (AvgIpc) is 2.59. The molecule has 1 aliphatic rings. The average molecular weight is 346 g/mol. The monoisotopic (exact) mass is 345 g/mol. The van der Waals surface area contributed by atoms with Crippen LogP contribution in [0.5, 0.6) is 0 Å². The molecular formula is C20H35N5. The number of benzene rings is 1. The van der Waals surface area contributed by atoms with Crippen LogP contribution in [0.4, 0.5) is 5.69 Å². The van der Waals surface area contributed by atoms with Crippen LogP contribution in [-0.2, 0) is 0 Å². The lowest BCUT2D eigenvalue weighted by atomic mass is 10.2. The van der Waals surface area contributed by atoms with Gasteiger partial charge in [-0.15, -0.1) is 0 Å². The molecule has 0 unspecified atom stereocenters. The first-order valence-corrected chi connectivity index (χ1v) is 9.67. The van der Waals surface area contributed by atoms with Gasteiger partial charge in [-0.2, -0.15) is 0 Å². The minimum atomic E-state index is 0.410. The molecule has 5 nitrogen and oxygen atoms in total. The smallest absolute Gasteiger partial charge is 0.191 e. The molecule has 1 fully saturated rings. The predicted octanol–water partition coefficient (Wildman–Crippen LogP) is 2.47. The van der Waals surface area contributed by atoms with E-state index in [4.69, 9.17) is 0 Å². The second-order valence-electron chi connectivity index (χ2n) is 7.08. The molecular weight excluding hydrogens is 310 g/mol. The van der Waals surface area contributed by atoms with Crippen molar-refractivity contribution in [3.8, 4) is 0 Å². The molecule has 140 valence electrons. The van der Waals surface area contributed by atoms with E-state index in [0.29, 0.717) is 6.04 Å². The summed E-state index contributed by atoms with van der Waals surface area (Å²) in [5, 5.41) is 6.67. The van der Waals surface area contributed by atoms with Crippen LogP contribution in [0.3, 0.4) is 0 Å². The van der Waals surface area contributed by atoms with Crippen molar-refractivity contribution in [3.63, 3.8) is 0 Å². The molecule has 0 atom stereocenters. The van der Waals surface area contributed by atoms with Crippen molar-refractivity contribution in [2.24, 2.45) is 4.99 Å². The fraction of sp³-hybridized carbons (Fsp3) is 0.650. The van der Waals surface area contributed by atoms with E-state index in [0.717, 1.165) is 58.2 Å². The Morgan fingerprint density at radius 3 is 2.60 bits per heavy atom. The van der Waals surface area contributed by atoms with Crippen molar-refractivity contribution < 1.29 is 0 Å². The van der Waals surface area contributed by atoms with Gasteiger partial charge in [0.15, 0.2) is 5.96 Å². The number of nitrogens with one attached hydrogen (secondary N) is 2. The third-order valence-corrected chi connectivity index (χ3v) is 4.41. The molecule has 5 heteroatoms. The van der Waals surface area contributed by atoms with Crippen molar-refractivity contribution in [1.29, 1.82) is 0 Å². The van der Waals surface area contributed by atoms with Gasteiger partial charge in [-0.1, -0.05) is 12.1 Å². The van der Waals surface area contributed by atoms with Crippen LogP contribution in [-0.4, -0.2) is 62.7 Å². The summed E-state index contributed by atoms with van der Waals surface area (Å²) in [6.45, 7) is 16.0. The normalized spacial score (nSPS) is 16.4. The zero-order chi connectivity index (χ0) is 18.1. The van der Waals surface area contributed by atoms with Gasteiger partial charge >= 0.3 is 0 Å². The van der Waals surface area contributed by atoms with Crippen molar-refractivity contribution in [3.05, 3.63) is 29.8 Å². The quantitative estimate of drug-likeness (QED) is 0.453. The molecule has 1 aromatic carbocycles. The van der Waals surface area contributed by atoms with Crippen molar-refractivity contribution in [2.45, 2.75) is 40.2 Å². The largest absolute Gasteiger partial charge is 0.369 e. The van der Waals surface area contributed by atoms with Gasteiger partial charge in [-0.25, -0.2) is 0 Å². The van der Waals surface area contributed by atoms with Crippen molar-refractivity contribution in [2.75, 3.05) is 50.7 Å². The van der Waals surface area contributed by atoms with Crippen LogP contribution >= 0.6 is 0 Å². The molecule has 1 aliphatic heterocycles. The molecule has 2 N–H and O–H groups in total. The Balaban J connectivity index is 1.69. The number of nitrogens with zero attached hydrogens (tertiary/aromatic N) is 3. The molecule has 25 heavy (non-hydrogen) atoms. The van der Waals surface area contributed by atoms with Crippen LogP contribution in [0.15, 0.2) is 29.3 Å². The summed E-state index contributed by atoms with van der Waals surface area (Å²) < 4.78 is 0. The summed E-state index contributed by atoms with van der Waals surface area (Å²) in [6.07, 6.45) is 1.11. The molecule has 0 bridgehead atoms. The maximum Gasteiger partial charge on any atom is 0.191 e. The summed E-state index contributed by atoms with van der Waals surface area (Å²) in [5.41, 5.74) is 2.70. The number of hydrogen-bond acceptors (Lipinski definition) is 3. The van der Waals surface area contributed by atoms with Crippen LogP contribution in [0.1, 0.15) is 32.8 Å². The summed E-state index contributed by atoms with van der Waals surface area (Å²) in [4.78, 5) is 9.73. The van der Waals surface area contributed by atoms with Crippen molar-refractivity contribution >= 4 is 11.6 Å². The topological polar surface area (TPSA) is 42.9 Å². The first-order chi connectivity index (χ1) is 12.1. The zero-order valence-corrected chi connectivity index (χ0v) is 16.4. The first kappa shape index (κ1) is 19.6. The van der Waals surface area contributed by atoms with Gasteiger partial charge in [0.2, 0.25) is 0 Å². The second kappa shape index (κ2) is 10.3. The van der Waals surface area contributed by atoms with Crippen molar-refractivity contribution in [1.82, 2.24) is 15.5 Å². The number of piperazine rings is 1. The third-order valence-electron chi connectivity index (χ3n) is 4.41. The molecule has 1 saturated heterocycles. The fourth-order valence-corrected chi connectivity index (χ4v) is 3.13. The number of aliphatic imine (C=N–C) groups is 1. The van der Waals surface area contributed by atoms with Gasteiger partial charge in [0.25, 0.3) is 0 Å². The Morgan fingerprint density at radius 2 is 1.96 bits per heavy atom. The van der Waals surface area contributed by atoms with Crippen LogP contribution in [0.2, 0.25) is 0 Å². The van der Waals surface area contributed by atoms with E-state index in [1.54, 1.807) is 0 Å². The molecule has 0 spiro atoms. The molecule has 0 radical (unpaired) electrons. The number of aryl methyl sites for hydroxylation is 1. The lowest BCUT2D eigenvalue weighted by Crippen LogP contribution is -2.46. The van der Waals surface area contributed by atoms with Crippen LogP contribution in [0, 0.1) is 6.92 Å². The number of anilines is 1. The van der Waals surface area contributed by atoms with E-state index >= 15 is 0 Å². The Kier molecular flexibility index (Phi) is 8.06. The van der Waals surface area contributed by atoms with E-state index in [9.17, 15) is 0 Å². The summed E-state index contributed by atoms with van der Waals surface area (Å²) >= 11 is 0. The molecule has 0 aliphatic carbocycles. The summed E-state index contributed by atoms with van der Waals surface area (Å²) in [5.74, 6) is 0.932. The minimum Gasteiger partial charge on any atom is -0.369 e. The highest BCUT2D eigenvalue weighted by molar-refractivity contribution is 5.79. The first-order valence-electron chi connectivity index (χ1n) is 9.67. The van der Waals surface area contributed by atoms with Crippen LogP contribution < -0.4 is 15.5 Å². The van der Waals surface area contributed by atoms with E-state index in [2.05, 4.69) is 77.4 Å². The highest BCUT2D eigenvalue weighted by atomic mass is 15.3. The van der Waals surface area contributed by atoms with E-state index < -0.39 is 0 Å². The Morgan fingerprint density at radius 1 is 1.20 bits per heavy atom. The maximum absolute atomic E-state index is 4.67. The Bertz CT molecular complexity index is 533. The van der Waals surface area contributed by atoms with Gasteiger partial charge < -0.3 is 15.5 Å². The molecule has 2 rings (SSSR count). The van der Waals surface area contributed by atoms with Gasteiger partial charge in [0, 0.05) is 57.5 Å². The Hall–Kier alpha value is -1.75. The summed E-state index contributed by atoms with van der Waals surface area (Å²) in [7, 11) is 0.